The molecule has 0 saturated heterocycles. The van der Waals surface area contributed by atoms with Gasteiger partial charge in [-0.15, -0.1) is 0 Å². The molecule has 0 bridgehead atoms. The van der Waals surface area contributed by atoms with Crippen molar-refractivity contribution in [2.75, 3.05) is 0 Å². The van der Waals surface area contributed by atoms with Crippen LogP contribution in [0.15, 0.2) is 43.7 Å². The Morgan fingerprint density at radius 3 is 2.11 bits per heavy atom. The second kappa shape index (κ2) is 8.59. The molecule has 2 rings (SSSR count). The van der Waals surface area contributed by atoms with E-state index in [0.717, 1.165) is 12.1 Å². The van der Waals surface area contributed by atoms with E-state index in [4.69, 9.17) is 4.84 Å². The fourth-order valence-electron chi connectivity index (χ4n) is 1.91. The molecule has 0 aromatic heterocycles. The van der Waals surface area contributed by atoms with E-state index in [9.17, 15) is 29.6 Å². The van der Waals surface area contributed by atoms with Gasteiger partial charge in [0.15, 0.2) is 0 Å². The number of hydroxylamine groups is 1. The predicted octanol–water partition coefficient (Wildman–Crippen LogP) is 4.08. The molecule has 0 aliphatic heterocycles. The molecule has 2 N–H and O–H groups in total. The van der Waals surface area contributed by atoms with Gasteiger partial charge < -0.3 is 9.94 Å². The molecule has 140 valence electrons. The Balaban J connectivity index is 2.18. The minimum Gasteiger partial charge on any atom is -0.478 e. The lowest BCUT2D eigenvalue weighted by Crippen LogP contribution is -2.27. The van der Waals surface area contributed by atoms with Gasteiger partial charge in [-0.2, -0.15) is 5.48 Å². The quantitative estimate of drug-likeness (QED) is 0.420. The van der Waals surface area contributed by atoms with Crippen LogP contribution in [0.5, 0.6) is 0 Å². The van der Waals surface area contributed by atoms with Gasteiger partial charge in [0.2, 0.25) is 0 Å². The summed E-state index contributed by atoms with van der Waals surface area (Å²) < 4.78 is 0.395. The average Bonchev–Trinajstić information content (AvgIpc) is 2.58. The summed E-state index contributed by atoms with van der Waals surface area (Å²) in [4.78, 5) is 50.2. The van der Waals surface area contributed by atoms with Crippen molar-refractivity contribution in [3.63, 3.8) is 0 Å². The summed E-state index contributed by atoms with van der Waals surface area (Å²) in [6.45, 7) is 0. The van der Waals surface area contributed by atoms with Gasteiger partial charge in [-0.3, -0.25) is 14.9 Å². The summed E-state index contributed by atoms with van der Waals surface area (Å²) in [6.07, 6.45) is 0. The van der Waals surface area contributed by atoms with E-state index in [0.29, 0.717) is 0 Å². The van der Waals surface area contributed by atoms with Crippen molar-refractivity contribution in [3.8, 4) is 0 Å². The molecule has 27 heavy (non-hydrogen) atoms. The topological polar surface area (TPSA) is 136 Å². The van der Waals surface area contributed by atoms with E-state index in [1.54, 1.807) is 0 Å². The number of carbonyl (C=O) groups is 3. The first-order valence-electron chi connectivity index (χ1n) is 6.80. The van der Waals surface area contributed by atoms with E-state index >= 15 is 0 Å². The number of nitro benzene ring substituents is 1. The summed E-state index contributed by atoms with van der Waals surface area (Å²) in [7, 11) is 0. The molecule has 0 heterocycles. The molecule has 2 aromatic rings. The van der Waals surface area contributed by atoms with Crippen molar-refractivity contribution in [1.82, 2.24) is 5.48 Å². The summed E-state index contributed by atoms with van der Waals surface area (Å²) >= 11 is 9.24. The van der Waals surface area contributed by atoms with Crippen LogP contribution in [0, 0.1) is 10.1 Å². The van der Waals surface area contributed by atoms with Gasteiger partial charge in [0, 0.05) is 31.1 Å². The van der Waals surface area contributed by atoms with Crippen molar-refractivity contribution in [2.24, 2.45) is 0 Å². The fourth-order valence-corrected chi connectivity index (χ4v) is 4.69. The van der Waals surface area contributed by atoms with Crippen LogP contribution in [0.1, 0.15) is 31.1 Å². The smallest absolute Gasteiger partial charge is 0.365 e. The normalized spacial score (nSPS) is 10.2. The number of carboxylic acids is 1. The number of hydrogen-bond donors (Lipinski definition) is 2. The SMILES string of the molecule is O=C(NOC(=O)c1c(Br)cc(Br)c(C(=O)O)c1Br)c1ccc([N+](=O)[O-])cc1. The van der Waals surface area contributed by atoms with Crippen LogP contribution in [0.4, 0.5) is 5.69 Å². The molecule has 2 aromatic carbocycles. The third-order valence-corrected chi connectivity index (χ3v) is 5.21. The number of halogens is 3. The first-order chi connectivity index (χ1) is 12.6. The van der Waals surface area contributed by atoms with Gasteiger partial charge in [-0.05, 0) is 66.0 Å². The van der Waals surface area contributed by atoms with E-state index in [1.807, 2.05) is 5.48 Å². The van der Waals surface area contributed by atoms with Gasteiger partial charge in [-0.25, -0.2) is 9.59 Å². The summed E-state index contributed by atoms with van der Waals surface area (Å²) in [5, 5.41) is 19.8. The van der Waals surface area contributed by atoms with E-state index < -0.39 is 22.8 Å². The Kier molecular flexibility index (Phi) is 6.68. The Morgan fingerprint density at radius 2 is 1.59 bits per heavy atom. The van der Waals surface area contributed by atoms with Gasteiger partial charge in [0.1, 0.15) is 0 Å². The Bertz CT molecular complexity index is 961. The lowest BCUT2D eigenvalue weighted by Gasteiger charge is -2.11. The number of amides is 1. The molecule has 0 spiro atoms. The molecule has 0 aliphatic carbocycles. The predicted molar refractivity (Wildman–Crippen MR) is 102 cm³/mol. The molecule has 12 heteroatoms. The van der Waals surface area contributed by atoms with E-state index in [1.165, 1.54) is 18.2 Å². The number of hydrogen-bond acceptors (Lipinski definition) is 6. The van der Waals surface area contributed by atoms with Crippen LogP contribution >= 0.6 is 47.8 Å². The second-order valence-corrected chi connectivity index (χ2v) is 7.34. The molecule has 9 nitrogen and oxygen atoms in total. The maximum Gasteiger partial charge on any atom is 0.365 e. The first-order valence-corrected chi connectivity index (χ1v) is 9.18. The number of nitrogens with zero attached hydrogens (tertiary/aromatic N) is 1. The number of nitrogens with one attached hydrogen (secondary N) is 1. The molecule has 0 fully saturated rings. The zero-order valence-electron chi connectivity index (χ0n) is 12.9. The molecular formula is C15H7Br3N2O7. The zero-order chi connectivity index (χ0) is 20.3. The van der Waals surface area contributed by atoms with Gasteiger partial charge in [0.05, 0.1) is 16.1 Å². The summed E-state index contributed by atoms with van der Waals surface area (Å²) in [6, 6.07) is 5.98. The molecule has 1 amide bonds. The van der Waals surface area contributed by atoms with Crippen LogP contribution in [0.2, 0.25) is 0 Å². The third-order valence-electron chi connectivity index (χ3n) is 3.16. The zero-order valence-corrected chi connectivity index (χ0v) is 17.6. The third kappa shape index (κ3) is 4.70. The summed E-state index contributed by atoms with van der Waals surface area (Å²) in [5.41, 5.74) is 1.37. The first kappa shape index (κ1) is 21.0. The minimum atomic E-state index is -1.29. The number of carbonyl (C=O) groups excluding carboxylic acids is 2. The molecule has 0 atom stereocenters. The fraction of sp³-hybridized carbons (Fsp3) is 0. The lowest BCUT2D eigenvalue weighted by atomic mass is 10.1. The second-order valence-electron chi connectivity index (χ2n) is 4.83. The minimum absolute atomic E-state index is 0.0218. The van der Waals surface area contributed by atoms with Crippen LogP contribution in [0.25, 0.3) is 0 Å². The van der Waals surface area contributed by atoms with Crippen LogP contribution < -0.4 is 5.48 Å². The van der Waals surface area contributed by atoms with E-state index in [-0.39, 0.29) is 35.8 Å². The monoisotopic (exact) mass is 564 g/mol. The number of rotatable bonds is 4. The van der Waals surface area contributed by atoms with Crippen molar-refractivity contribution >= 4 is 71.3 Å². The van der Waals surface area contributed by atoms with Gasteiger partial charge >= 0.3 is 11.9 Å². The van der Waals surface area contributed by atoms with Crippen molar-refractivity contribution < 1.29 is 29.3 Å². The number of non-ortho nitro benzene ring substituents is 1. The highest BCUT2D eigenvalue weighted by molar-refractivity contribution is 9.11. The van der Waals surface area contributed by atoms with Crippen molar-refractivity contribution in [2.45, 2.75) is 0 Å². The van der Waals surface area contributed by atoms with Crippen molar-refractivity contribution in [3.05, 3.63) is 70.6 Å². The van der Waals surface area contributed by atoms with Crippen LogP contribution in [-0.2, 0) is 4.84 Å². The van der Waals surface area contributed by atoms with Crippen molar-refractivity contribution in [1.29, 1.82) is 0 Å². The highest BCUT2D eigenvalue weighted by Crippen LogP contribution is 2.35. The number of benzene rings is 2. The Hall–Kier alpha value is -2.31. The highest BCUT2D eigenvalue weighted by atomic mass is 79.9. The van der Waals surface area contributed by atoms with Gasteiger partial charge in [0.25, 0.3) is 11.6 Å². The maximum atomic E-state index is 12.3. The Morgan fingerprint density at radius 1 is 1.04 bits per heavy atom. The Labute approximate surface area is 176 Å². The standard InChI is InChI=1S/C15H7Br3N2O7/c16-8-5-9(17)11(12(18)10(8)14(22)23)15(24)27-19-13(21)6-1-3-7(4-2-6)20(25)26/h1-5H,(H,19,21)(H,22,23). The highest BCUT2D eigenvalue weighted by Gasteiger charge is 2.25. The van der Waals surface area contributed by atoms with Crippen LogP contribution in [-0.4, -0.2) is 27.9 Å². The number of carboxylic acid groups (broad SMARTS) is 1. The van der Waals surface area contributed by atoms with E-state index in [2.05, 4.69) is 47.8 Å². The summed E-state index contributed by atoms with van der Waals surface area (Å²) in [5.74, 6) is -3.13. The number of aromatic carboxylic acids is 1. The number of nitro groups is 1. The van der Waals surface area contributed by atoms with Gasteiger partial charge in [-0.1, -0.05) is 0 Å². The molecule has 0 radical (unpaired) electrons. The molecular weight excluding hydrogens is 560 g/mol. The molecule has 0 aliphatic rings. The van der Waals surface area contributed by atoms with Crippen LogP contribution in [0.3, 0.4) is 0 Å². The molecule has 0 saturated carbocycles. The average molecular weight is 567 g/mol. The lowest BCUT2D eigenvalue weighted by molar-refractivity contribution is -0.384. The molecule has 0 unspecified atom stereocenters. The maximum absolute atomic E-state index is 12.3. The largest absolute Gasteiger partial charge is 0.478 e.